The number of nitrogens with zero attached hydrogens (tertiary/aromatic N) is 2. The highest BCUT2D eigenvalue weighted by molar-refractivity contribution is 6.15. The molecule has 1 aromatic carbocycles. The number of carbonyl (C=O) groups excluding carboxylic acids is 3. The fourth-order valence-electron chi connectivity index (χ4n) is 3.43. The normalized spacial score (nSPS) is 15.3. The van der Waals surface area contributed by atoms with E-state index in [0.29, 0.717) is 0 Å². The first kappa shape index (κ1) is 19.4. The van der Waals surface area contributed by atoms with Gasteiger partial charge in [0.1, 0.15) is 12.2 Å². The number of ether oxygens (including phenoxy) is 1. The lowest BCUT2D eigenvalue weighted by atomic mass is 10.1. The molecule has 1 aromatic heterocycles. The van der Waals surface area contributed by atoms with Gasteiger partial charge in [0.25, 0.3) is 5.91 Å². The summed E-state index contributed by atoms with van der Waals surface area (Å²) >= 11 is 0. The maximum absolute atomic E-state index is 12.5. The monoisotopic (exact) mass is 381 g/mol. The first-order valence-electron chi connectivity index (χ1n) is 8.91. The van der Waals surface area contributed by atoms with Gasteiger partial charge in [0.2, 0.25) is 0 Å². The summed E-state index contributed by atoms with van der Waals surface area (Å²) in [5, 5.41) is 2.53. The Morgan fingerprint density at radius 1 is 1.14 bits per heavy atom. The lowest BCUT2D eigenvalue weighted by molar-refractivity contribution is -0.143. The molecule has 0 spiro atoms. The summed E-state index contributed by atoms with van der Waals surface area (Å²) in [6, 6.07) is 7.58. The summed E-state index contributed by atoms with van der Waals surface area (Å²) in [4.78, 5) is 36.8. The van der Waals surface area contributed by atoms with Crippen LogP contribution in [0.1, 0.15) is 28.1 Å². The topological polar surface area (TPSA) is 80.6 Å². The minimum Gasteiger partial charge on any atom is -0.468 e. The summed E-state index contributed by atoms with van der Waals surface area (Å²) < 4.78 is 6.65. The van der Waals surface area contributed by atoms with Crippen LogP contribution in [0.2, 0.25) is 0 Å². The Morgan fingerprint density at radius 2 is 1.86 bits per heavy atom. The minimum absolute atomic E-state index is 0.134. The SMILES string of the molecule is COC(=O)CN1C(=O)N/C(=C/c2cc(C)n(-c3ccc(C)cc3C)c2C)C1=O. The van der Waals surface area contributed by atoms with E-state index < -0.39 is 24.5 Å². The molecule has 3 amide bonds. The van der Waals surface area contributed by atoms with Crippen LogP contribution in [0.4, 0.5) is 4.79 Å². The molecular weight excluding hydrogens is 358 g/mol. The van der Waals surface area contributed by atoms with Crippen molar-refractivity contribution in [2.45, 2.75) is 27.7 Å². The highest BCUT2D eigenvalue weighted by atomic mass is 16.5. The molecule has 1 N–H and O–H groups in total. The lowest BCUT2D eigenvalue weighted by Crippen LogP contribution is -2.36. The average molecular weight is 381 g/mol. The number of benzene rings is 1. The number of hydrogen-bond acceptors (Lipinski definition) is 4. The molecule has 1 saturated heterocycles. The molecule has 0 unspecified atom stereocenters. The second-order valence-electron chi connectivity index (χ2n) is 6.91. The van der Waals surface area contributed by atoms with E-state index in [1.165, 1.54) is 12.7 Å². The molecule has 2 heterocycles. The average Bonchev–Trinajstić information content (AvgIpc) is 3.05. The maximum Gasteiger partial charge on any atom is 0.329 e. The molecule has 3 rings (SSSR count). The number of nitrogens with one attached hydrogen (secondary N) is 1. The van der Waals surface area contributed by atoms with E-state index in [0.717, 1.165) is 33.1 Å². The summed E-state index contributed by atoms with van der Waals surface area (Å²) in [6.07, 6.45) is 1.64. The van der Waals surface area contributed by atoms with E-state index in [9.17, 15) is 14.4 Å². The molecule has 7 nitrogen and oxygen atoms in total. The van der Waals surface area contributed by atoms with Gasteiger partial charge in [0.05, 0.1) is 7.11 Å². The van der Waals surface area contributed by atoms with E-state index in [1.54, 1.807) is 6.08 Å². The largest absolute Gasteiger partial charge is 0.468 e. The zero-order valence-corrected chi connectivity index (χ0v) is 16.6. The number of amides is 3. The van der Waals surface area contributed by atoms with Crippen molar-refractivity contribution in [3.8, 4) is 5.69 Å². The number of aromatic nitrogens is 1. The first-order chi connectivity index (χ1) is 13.2. The molecule has 0 atom stereocenters. The van der Waals surface area contributed by atoms with E-state index in [2.05, 4.69) is 46.7 Å². The lowest BCUT2D eigenvalue weighted by Gasteiger charge is -2.13. The summed E-state index contributed by atoms with van der Waals surface area (Å²) in [6.45, 7) is 7.65. The van der Waals surface area contributed by atoms with Crippen molar-refractivity contribution < 1.29 is 19.1 Å². The second-order valence-corrected chi connectivity index (χ2v) is 6.91. The van der Waals surface area contributed by atoms with Gasteiger partial charge in [0.15, 0.2) is 0 Å². The Bertz CT molecular complexity index is 1020. The van der Waals surface area contributed by atoms with Gasteiger partial charge >= 0.3 is 12.0 Å². The molecule has 28 heavy (non-hydrogen) atoms. The predicted molar refractivity (Wildman–Crippen MR) is 105 cm³/mol. The van der Waals surface area contributed by atoms with Gasteiger partial charge in [-0.3, -0.25) is 9.59 Å². The van der Waals surface area contributed by atoms with Gasteiger partial charge in [-0.1, -0.05) is 17.7 Å². The molecule has 7 heteroatoms. The van der Waals surface area contributed by atoms with Gasteiger partial charge in [-0.15, -0.1) is 0 Å². The first-order valence-corrected chi connectivity index (χ1v) is 8.91. The highest BCUT2D eigenvalue weighted by Crippen LogP contribution is 2.26. The van der Waals surface area contributed by atoms with Crippen LogP contribution in [-0.2, 0) is 14.3 Å². The van der Waals surface area contributed by atoms with Crippen molar-refractivity contribution in [1.29, 1.82) is 0 Å². The third-order valence-electron chi connectivity index (χ3n) is 4.84. The molecule has 1 aliphatic heterocycles. The molecule has 146 valence electrons. The van der Waals surface area contributed by atoms with Crippen molar-refractivity contribution >= 4 is 24.0 Å². The summed E-state index contributed by atoms with van der Waals surface area (Å²) in [5.41, 5.74) is 6.33. The van der Waals surface area contributed by atoms with Crippen molar-refractivity contribution in [2.75, 3.05) is 13.7 Å². The number of imide groups is 1. The fourth-order valence-corrected chi connectivity index (χ4v) is 3.43. The Labute approximate surface area is 163 Å². The quantitative estimate of drug-likeness (QED) is 0.502. The molecule has 0 radical (unpaired) electrons. The molecule has 0 aliphatic carbocycles. The van der Waals surface area contributed by atoms with Crippen LogP contribution in [0.25, 0.3) is 11.8 Å². The van der Waals surface area contributed by atoms with E-state index in [-0.39, 0.29) is 5.70 Å². The molecule has 0 bridgehead atoms. The van der Waals surface area contributed by atoms with E-state index >= 15 is 0 Å². The Balaban J connectivity index is 1.97. The van der Waals surface area contributed by atoms with E-state index in [4.69, 9.17) is 0 Å². The number of hydrogen-bond donors (Lipinski definition) is 1. The second kappa shape index (κ2) is 7.34. The van der Waals surface area contributed by atoms with Crippen LogP contribution in [-0.4, -0.2) is 41.0 Å². The van der Waals surface area contributed by atoms with Gasteiger partial charge in [0, 0.05) is 17.1 Å². The van der Waals surface area contributed by atoms with Gasteiger partial charge in [-0.2, -0.15) is 0 Å². The number of aryl methyl sites for hydroxylation is 3. The molecule has 1 aliphatic rings. The third kappa shape index (κ3) is 3.43. The number of esters is 1. The highest BCUT2D eigenvalue weighted by Gasteiger charge is 2.35. The van der Waals surface area contributed by atoms with Crippen LogP contribution in [0.15, 0.2) is 30.0 Å². The van der Waals surface area contributed by atoms with Crippen LogP contribution in [0.3, 0.4) is 0 Å². The maximum atomic E-state index is 12.5. The number of carbonyl (C=O) groups is 3. The summed E-state index contributed by atoms with van der Waals surface area (Å²) in [5.74, 6) is -1.20. The predicted octanol–water partition coefficient (Wildman–Crippen LogP) is 2.78. The molecule has 2 aromatic rings. The van der Waals surface area contributed by atoms with Crippen molar-refractivity contribution in [1.82, 2.24) is 14.8 Å². The number of methoxy groups -OCH3 is 1. The smallest absolute Gasteiger partial charge is 0.329 e. The van der Waals surface area contributed by atoms with Gasteiger partial charge < -0.3 is 14.6 Å². The van der Waals surface area contributed by atoms with E-state index in [1.807, 2.05) is 19.9 Å². The number of rotatable bonds is 4. The van der Waals surface area contributed by atoms with Crippen LogP contribution in [0.5, 0.6) is 0 Å². The summed E-state index contributed by atoms with van der Waals surface area (Å²) in [7, 11) is 1.21. The number of urea groups is 1. The molecule has 0 saturated carbocycles. The Morgan fingerprint density at radius 3 is 2.50 bits per heavy atom. The standard InChI is InChI=1S/C21H23N3O4/c1-12-6-7-18(13(2)8-12)24-14(3)9-16(15(24)4)10-17-20(26)23(21(27)22-17)11-19(25)28-5/h6-10H,11H2,1-5H3,(H,22,27)/b17-10+. The van der Waals surface area contributed by atoms with Crippen molar-refractivity contribution in [3.05, 3.63) is 58.0 Å². The molecular formula is C21H23N3O4. The fraction of sp³-hybridized carbons (Fsp3) is 0.286. The van der Waals surface area contributed by atoms with Crippen molar-refractivity contribution in [2.24, 2.45) is 0 Å². The van der Waals surface area contributed by atoms with Gasteiger partial charge in [-0.25, -0.2) is 9.69 Å². The minimum atomic E-state index is -0.655. The Kier molecular flexibility index (Phi) is 5.09. The van der Waals surface area contributed by atoms with Crippen LogP contribution >= 0.6 is 0 Å². The van der Waals surface area contributed by atoms with Crippen LogP contribution < -0.4 is 5.32 Å². The molecule has 1 fully saturated rings. The zero-order chi connectivity index (χ0) is 20.6. The Hall–Kier alpha value is -3.35. The zero-order valence-electron chi connectivity index (χ0n) is 16.6. The van der Waals surface area contributed by atoms with Crippen molar-refractivity contribution in [3.63, 3.8) is 0 Å². The van der Waals surface area contributed by atoms with Gasteiger partial charge in [-0.05, 0) is 57.0 Å². The third-order valence-corrected chi connectivity index (χ3v) is 4.84. The van der Waals surface area contributed by atoms with Crippen LogP contribution in [0, 0.1) is 27.7 Å².